The molecule has 0 radical (unpaired) electrons. The van der Waals surface area contributed by atoms with Gasteiger partial charge in [-0.1, -0.05) is 67.1 Å². The highest BCUT2D eigenvalue weighted by Crippen LogP contribution is 2.22. The molecule has 0 bridgehead atoms. The van der Waals surface area contributed by atoms with E-state index in [0.717, 1.165) is 32.9 Å². The SMILES string of the molecule is CC[C@@H](Oc1ccc2ccccc2c1)C(=O)NCCSCc1ccccc1Cl. The first kappa shape index (κ1) is 20.6. The van der Waals surface area contributed by atoms with Gasteiger partial charge in [0.1, 0.15) is 5.75 Å². The van der Waals surface area contributed by atoms with E-state index in [1.165, 1.54) is 0 Å². The maximum atomic E-state index is 12.5. The van der Waals surface area contributed by atoms with Crippen LogP contribution in [0.1, 0.15) is 18.9 Å². The van der Waals surface area contributed by atoms with Crippen LogP contribution < -0.4 is 10.1 Å². The van der Waals surface area contributed by atoms with E-state index in [4.69, 9.17) is 16.3 Å². The lowest BCUT2D eigenvalue weighted by Crippen LogP contribution is -2.39. The quantitative estimate of drug-likeness (QED) is 0.457. The Labute approximate surface area is 175 Å². The summed E-state index contributed by atoms with van der Waals surface area (Å²) in [6.07, 6.45) is 0.126. The fourth-order valence-electron chi connectivity index (χ4n) is 2.89. The second kappa shape index (κ2) is 10.4. The average Bonchev–Trinajstić information content (AvgIpc) is 2.72. The molecule has 146 valence electrons. The number of hydrogen-bond acceptors (Lipinski definition) is 3. The van der Waals surface area contributed by atoms with E-state index in [2.05, 4.69) is 11.4 Å². The van der Waals surface area contributed by atoms with Crippen molar-refractivity contribution in [3.05, 3.63) is 77.3 Å². The van der Waals surface area contributed by atoms with Gasteiger partial charge in [-0.15, -0.1) is 0 Å². The van der Waals surface area contributed by atoms with Crippen molar-refractivity contribution in [3.63, 3.8) is 0 Å². The van der Waals surface area contributed by atoms with Crippen molar-refractivity contribution in [1.29, 1.82) is 0 Å². The number of halogens is 1. The molecule has 1 atom stereocenters. The maximum Gasteiger partial charge on any atom is 0.261 e. The van der Waals surface area contributed by atoms with E-state index in [0.29, 0.717) is 18.7 Å². The molecule has 3 rings (SSSR count). The minimum atomic E-state index is -0.491. The van der Waals surface area contributed by atoms with Gasteiger partial charge >= 0.3 is 0 Å². The number of benzene rings is 3. The number of hydrogen-bond donors (Lipinski definition) is 1. The number of carbonyl (C=O) groups is 1. The van der Waals surface area contributed by atoms with Crippen LogP contribution >= 0.6 is 23.4 Å². The Hall–Kier alpha value is -2.17. The van der Waals surface area contributed by atoms with Gasteiger partial charge in [-0.2, -0.15) is 11.8 Å². The molecule has 0 aliphatic carbocycles. The zero-order valence-electron chi connectivity index (χ0n) is 15.9. The lowest BCUT2D eigenvalue weighted by atomic mass is 10.1. The third-order valence-corrected chi connectivity index (χ3v) is 5.80. The van der Waals surface area contributed by atoms with Gasteiger partial charge in [-0.25, -0.2) is 0 Å². The highest BCUT2D eigenvalue weighted by molar-refractivity contribution is 7.98. The van der Waals surface area contributed by atoms with Crippen molar-refractivity contribution in [2.24, 2.45) is 0 Å². The van der Waals surface area contributed by atoms with Crippen molar-refractivity contribution >= 4 is 40.0 Å². The largest absolute Gasteiger partial charge is 0.481 e. The van der Waals surface area contributed by atoms with E-state index < -0.39 is 6.10 Å². The molecule has 1 N–H and O–H groups in total. The van der Waals surface area contributed by atoms with Gasteiger partial charge in [0.15, 0.2) is 6.10 Å². The Morgan fingerprint density at radius 3 is 2.61 bits per heavy atom. The summed E-state index contributed by atoms with van der Waals surface area (Å²) >= 11 is 7.91. The van der Waals surface area contributed by atoms with Crippen LogP contribution in [-0.4, -0.2) is 24.3 Å². The Balaban J connectivity index is 1.45. The first-order valence-electron chi connectivity index (χ1n) is 9.41. The molecule has 0 aromatic heterocycles. The summed E-state index contributed by atoms with van der Waals surface area (Å²) < 4.78 is 5.94. The van der Waals surface area contributed by atoms with Crippen LogP contribution in [0, 0.1) is 0 Å². The topological polar surface area (TPSA) is 38.3 Å². The number of thioether (sulfide) groups is 1. The van der Waals surface area contributed by atoms with Gasteiger partial charge in [-0.05, 0) is 41.0 Å². The number of carbonyl (C=O) groups excluding carboxylic acids is 1. The predicted octanol–water partition coefficient (Wildman–Crippen LogP) is 5.70. The molecule has 0 spiro atoms. The Kier molecular flexibility index (Phi) is 7.63. The molecule has 0 aliphatic rings. The normalized spacial score (nSPS) is 11.9. The Bertz CT molecular complexity index is 931. The fourth-order valence-corrected chi connectivity index (χ4v) is 4.03. The molecule has 3 nitrogen and oxygen atoms in total. The van der Waals surface area contributed by atoms with E-state index in [-0.39, 0.29) is 5.91 Å². The lowest BCUT2D eigenvalue weighted by molar-refractivity contribution is -0.127. The van der Waals surface area contributed by atoms with E-state index in [9.17, 15) is 4.79 Å². The molecule has 3 aromatic rings. The molecular formula is C23H24ClNO2S. The molecular weight excluding hydrogens is 390 g/mol. The molecule has 0 fully saturated rings. The highest BCUT2D eigenvalue weighted by atomic mass is 35.5. The van der Waals surface area contributed by atoms with Crippen LogP contribution in [0.3, 0.4) is 0 Å². The molecule has 28 heavy (non-hydrogen) atoms. The monoisotopic (exact) mass is 413 g/mol. The molecule has 0 unspecified atom stereocenters. The predicted molar refractivity (Wildman–Crippen MR) is 119 cm³/mol. The summed E-state index contributed by atoms with van der Waals surface area (Å²) in [5.41, 5.74) is 1.12. The van der Waals surface area contributed by atoms with Gasteiger partial charge < -0.3 is 10.1 Å². The van der Waals surface area contributed by atoms with Crippen LogP contribution in [0.2, 0.25) is 5.02 Å². The Morgan fingerprint density at radius 1 is 1.07 bits per heavy atom. The van der Waals surface area contributed by atoms with Crippen LogP contribution in [0.5, 0.6) is 5.75 Å². The average molecular weight is 414 g/mol. The smallest absolute Gasteiger partial charge is 0.261 e. The van der Waals surface area contributed by atoms with Gasteiger partial charge in [0.2, 0.25) is 0 Å². The van der Waals surface area contributed by atoms with Gasteiger partial charge in [0.25, 0.3) is 5.91 Å². The van der Waals surface area contributed by atoms with E-state index in [1.807, 2.05) is 67.6 Å². The van der Waals surface area contributed by atoms with Crippen molar-refractivity contribution in [2.75, 3.05) is 12.3 Å². The van der Waals surface area contributed by atoms with Crippen molar-refractivity contribution < 1.29 is 9.53 Å². The lowest BCUT2D eigenvalue weighted by Gasteiger charge is -2.17. The first-order chi connectivity index (χ1) is 13.7. The zero-order valence-corrected chi connectivity index (χ0v) is 17.4. The number of fused-ring (bicyclic) bond motifs is 1. The molecule has 5 heteroatoms. The maximum absolute atomic E-state index is 12.5. The summed E-state index contributed by atoms with van der Waals surface area (Å²) in [5.74, 6) is 2.30. The second-order valence-corrected chi connectivity index (χ2v) is 7.97. The summed E-state index contributed by atoms with van der Waals surface area (Å²) in [7, 11) is 0. The second-order valence-electron chi connectivity index (χ2n) is 6.46. The number of ether oxygens (including phenoxy) is 1. The van der Waals surface area contributed by atoms with Gasteiger partial charge in [0, 0.05) is 23.1 Å². The third kappa shape index (κ3) is 5.66. The first-order valence-corrected chi connectivity index (χ1v) is 10.9. The highest BCUT2D eigenvalue weighted by Gasteiger charge is 2.18. The molecule has 0 saturated carbocycles. The minimum Gasteiger partial charge on any atom is -0.481 e. The molecule has 0 aliphatic heterocycles. The van der Waals surface area contributed by atoms with Gasteiger partial charge in [-0.3, -0.25) is 4.79 Å². The van der Waals surface area contributed by atoms with Crippen LogP contribution in [0.25, 0.3) is 10.8 Å². The Morgan fingerprint density at radius 2 is 1.82 bits per heavy atom. The summed E-state index contributed by atoms with van der Waals surface area (Å²) in [4.78, 5) is 12.5. The van der Waals surface area contributed by atoms with E-state index in [1.54, 1.807) is 11.8 Å². The van der Waals surface area contributed by atoms with Crippen LogP contribution in [-0.2, 0) is 10.5 Å². The summed E-state index contributed by atoms with van der Waals surface area (Å²) in [6.45, 7) is 2.56. The fraction of sp³-hybridized carbons (Fsp3) is 0.261. The molecule has 3 aromatic carbocycles. The standard InChI is InChI=1S/C23H24ClNO2S/c1-2-22(27-20-12-11-17-7-3-4-8-18(17)15-20)23(26)25-13-14-28-16-19-9-5-6-10-21(19)24/h3-12,15,22H,2,13-14,16H2,1H3,(H,25,26)/t22-/m1/s1. The summed E-state index contributed by atoms with van der Waals surface area (Å²) in [6, 6.07) is 21.8. The number of nitrogens with one attached hydrogen (secondary N) is 1. The molecule has 0 saturated heterocycles. The minimum absolute atomic E-state index is 0.0750. The molecule has 0 heterocycles. The third-order valence-electron chi connectivity index (χ3n) is 4.42. The van der Waals surface area contributed by atoms with Crippen molar-refractivity contribution in [1.82, 2.24) is 5.32 Å². The van der Waals surface area contributed by atoms with E-state index >= 15 is 0 Å². The van der Waals surface area contributed by atoms with Crippen LogP contribution in [0.4, 0.5) is 0 Å². The summed E-state index contributed by atoms with van der Waals surface area (Å²) in [5, 5.41) is 6.02. The van der Waals surface area contributed by atoms with Gasteiger partial charge in [0.05, 0.1) is 0 Å². The number of rotatable bonds is 9. The van der Waals surface area contributed by atoms with Crippen molar-refractivity contribution in [2.45, 2.75) is 25.2 Å². The van der Waals surface area contributed by atoms with Crippen molar-refractivity contribution in [3.8, 4) is 5.75 Å². The zero-order chi connectivity index (χ0) is 19.8. The number of amides is 1. The van der Waals surface area contributed by atoms with Crippen LogP contribution in [0.15, 0.2) is 66.7 Å². The molecule has 1 amide bonds.